The van der Waals surface area contributed by atoms with E-state index in [4.69, 9.17) is 28.4 Å². The summed E-state index contributed by atoms with van der Waals surface area (Å²) in [5.74, 6) is 2.32. The molecule has 40 heavy (non-hydrogen) atoms. The minimum absolute atomic E-state index is 0.0360. The number of hydrogen-bond donors (Lipinski definition) is 1. The summed E-state index contributed by atoms with van der Waals surface area (Å²) in [4.78, 5) is 0.155. The fraction of sp³-hybridized carbons (Fsp3) is 0.600. The highest BCUT2D eigenvalue weighted by atomic mass is 32.2. The van der Waals surface area contributed by atoms with Crippen molar-refractivity contribution in [2.24, 2.45) is 0 Å². The molecule has 3 rings (SSSR count). The molecule has 1 saturated heterocycles. The quantitative estimate of drug-likeness (QED) is 0.238. The molecule has 2 atom stereocenters. The fourth-order valence-electron chi connectivity index (χ4n) is 4.71. The Balaban J connectivity index is 1.99. The van der Waals surface area contributed by atoms with Gasteiger partial charge in [-0.1, -0.05) is 20.8 Å². The van der Waals surface area contributed by atoms with Gasteiger partial charge in [0, 0.05) is 6.54 Å². The zero-order chi connectivity index (χ0) is 29.1. The normalized spacial score (nSPS) is 17.1. The molecule has 0 amide bonds. The molecular weight excluding hydrogens is 534 g/mol. The van der Waals surface area contributed by atoms with Crippen LogP contribution in [0.5, 0.6) is 28.7 Å². The molecule has 1 fully saturated rings. The van der Waals surface area contributed by atoms with Gasteiger partial charge >= 0.3 is 0 Å². The molecule has 9 nitrogen and oxygen atoms in total. The first-order chi connectivity index (χ1) is 19.3. The summed E-state index contributed by atoms with van der Waals surface area (Å²) in [6, 6.07) is 7.37. The Morgan fingerprint density at radius 3 is 1.88 bits per heavy atom. The first kappa shape index (κ1) is 31.8. The largest absolute Gasteiger partial charge is 0.493 e. The first-order valence-electron chi connectivity index (χ1n) is 14.2. The highest BCUT2D eigenvalue weighted by Gasteiger charge is 2.33. The van der Waals surface area contributed by atoms with Crippen LogP contribution in [0.1, 0.15) is 76.2 Å². The van der Waals surface area contributed by atoms with Crippen LogP contribution in [0.2, 0.25) is 0 Å². The summed E-state index contributed by atoms with van der Waals surface area (Å²) in [6.07, 6.45) is 3.36. The number of rotatable bonds is 17. The third-order valence-electron chi connectivity index (χ3n) is 6.71. The number of benzene rings is 2. The molecule has 224 valence electrons. The van der Waals surface area contributed by atoms with E-state index in [-0.39, 0.29) is 28.6 Å². The van der Waals surface area contributed by atoms with Crippen LogP contribution in [0.15, 0.2) is 29.2 Å². The predicted molar refractivity (Wildman–Crippen MR) is 155 cm³/mol. The van der Waals surface area contributed by atoms with Gasteiger partial charge in [0.15, 0.2) is 32.8 Å². The minimum Gasteiger partial charge on any atom is -0.493 e. The number of methoxy groups -OCH3 is 3. The lowest BCUT2D eigenvalue weighted by Crippen LogP contribution is -2.24. The van der Waals surface area contributed by atoms with E-state index in [1.165, 1.54) is 0 Å². The van der Waals surface area contributed by atoms with Crippen molar-refractivity contribution >= 4 is 9.84 Å². The first-order valence-corrected chi connectivity index (χ1v) is 15.8. The zero-order valence-electron chi connectivity index (χ0n) is 24.7. The second-order valence-electron chi connectivity index (χ2n) is 9.76. The van der Waals surface area contributed by atoms with Gasteiger partial charge in [-0.2, -0.15) is 0 Å². The SMILES string of the molecule is CCCNCCS(=O)(=O)c1cc(C2CCC(c3cc(OC)c(OC)c(OC)c3)O2)cc(OCCC)c1OCCC. The van der Waals surface area contributed by atoms with Crippen LogP contribution in [0, 0.1) is 0 Å². The van der Waals surface area contributed by atoms with Gasteiger partial charge in [0.1, 0.15) is 4.90 Å². The van der Waals surface area contributed by atoms with E-state index < -0.39 is 9.84 Å². The third-order valence-corrected chi connectivity index (χ3v) is 8.43. The number of ether oxygens (including phenoxy) is 6. The van der Waals surface area contributed by atoms with Crippen LogP contribution in [-0.4, -0.2) is 61.8 Å². The van der Waals surface area contributed by atoms with Crippen molar-refractivity contribution in [3.8, 4) is 28.7 Å². The van der Waals surface area contributed by atoms with Crippen LogP contribution in [0.25, 0.3) is 0 Å². The van der Waals surface area contributed by atoms with E-state index in [0.717, 1.165) is 43.4 Å². The highest BCUT2D eigenvalue weighted by Crippen LogP contribution is 2.48. The van der Waals surface area contributed by atoms with Gasteiger partial charge in [0.25, 0.3) is 0 Å². The molecule has 0 bridgehead atoms. The number of nitrogens with one attached hydrogen (secondary N) is 1. The van der Waals surface area contributed by atoms with Crippen molar-refractivity contribution in [3.63, 3.8) is 0 Å². The molecule has 2 aromatic rings. The Hall–Kier alpha value is -2.69. The van der Waals surface area contributed by atoms with Crippen molar-refractivity contribution in [2.75, 3.05) is 53.4 Å². The molecule has 1 heterocycles. The van der Waals surface area contributed by atoms with Gasteiger partial charge in [0.2, 0.25) is 5.75 Å². The standard InChI is InChI=1S/C30H45NO8S/c1-7-12-31-13-16-40(32,33)28-20-22(19-27(37-14-8-2)30(28)38-15-9-3)24-11-10-23(39-24)21-17-25(34-4)29(36-6)26(18-21)35-5/h17-20,23-24,31H,7-16H2,1-6H3. The molecule has 1 N–H and O–H groups in total. The fourth-order valence-corrected chi connectivity index (χ4v) is 6.10. The maximum Gasteiger partial charge on any atom is 0.203 e. The molecule has 1 aliphatic rings. The van der Waals surface area contributed by atoms with E-state index in [9.17, 15) is 8.42 Å². The Morgan fingerprint density at radius 2 is 1.32 bits per heavy atom. The van der Waals surface area contributed by atoms with Gasteiger partial charge in [0.05, 0.1) is 52.5 Å². The van der Waals surface area contributed by atoms with E-state index >= 15 is 0 Å². The van der Waals surface area contributed by atoms with E-state index in [0.29, 0.717) is 49.2 Å². The summed E-state index contributed by atoms with van der Waals surface area (Å²) >= 11 is 0. The van der Waals surface area contributed by atoms with Gasteiger partial charge < -0.3 is 33.7 Å². The number of hydrogen-bond acceptors (Lipinski definition) is 9. The molecule has 0 saturated carbocycles. The lowest BCUT2D eigenvalue weighted by atomic mass is 10.0. The highest BCUT2D eigenvalue weighted by molar-refractivity contribution is 7.91. The maximum absolute atomic E-state index is 13.6. The molecule has 10 heteroatoms. The van der Waals surface area contributed by atoms with Crippen LogP contribution >= 0.6 is 0 Å². The average molecular weight is 580 g/mol. The Labute approximate surface area is 239 Å². The van der Waals surface area contributed by atoms with E-state index in [2.05, 4.69) is 5.32 Å². The molecule has 0 aromatic heterocycles. The zero-order valence-corrected chi connectivity index (χ0v) is 25.5. The minimum atomic E-state index is -3.66. The average Bonchev–Trinajstić information content (AvgIpc) is 3.46. The van der Waals surface area contributed by atoms with Gasteiger partial charge in [-0.3, -0.25) is 0 Å². The van der Waals surface area contributed by atoms with Crippen molar-refractivity contribution < 1.29 is 36.8 Å². The molecule has 0 radical (unpaired) electrons. The van der Waals surface area contributed by atoms with Crippen LogP contribution < -0.4 is 29.0 Å². The molecular formula is C30H45NO8S. The monoisotopic (exact) mass is 579 g/mol. The topological polar surface area (TPSA) is 102 Å². The Bertz CT molecular complexity index is 1180. The summed E-state index contributed by atoms with van der Waals surface area (Å²) in [5, 5.41) is 3.19. The van der Waals surface area contributed by atoms with E-state index in [1.54, 1.807) is 27.4 Å². The maximum atomic E-state index is 13.6. The van der Waals surface area contributed by atoms with Crippen molar-refractivity contribution in [2.45, 2.75) is 70.0 Å². The Kier molecular flexibility index (Phi) is 12.2. The van der Waals surface area contributed by atoms with Crippen molar-refractivity contribution in [1.29, 1.82) is 0 Å². The van der Waals surface area contributed by atoms with Crippen molar-refractivity contribution in [3.05, 3.63) is 35.4 Å². The van der Waals surface area contributed by atoms with Crippen LogP contribution in [0.4, 0.5) is 0 Å². The summed E-state index contributed by atoms with van der Waals surface area (Å²) < 4.78 is 62.3. The molecule has 2 unspecified atom stereocenters. The van der Waals surface area contributed by atoms with Gasteiger partial charge in [-0.05, 0) is 74.0 Å². The van der Waals surface area contributed by atoms with Crippen LogP contribution in [0.3, 0.4) is 0 Å². The van der Waals surface area contributed by atoms with Crippen molar-refractivity contribution in [1.82, 2.24) is 5.32 Å². The molecule has 0 aliphatic carbocycles. The summed E-state index contributed by atoms with van der Waals surface area (Å²) in [5.41, 5.74) is 1.65. The second kappa shape index (κ2) is 15.3. The molecule has 2 aromatic carbocycles. The third kappa shape index (κ3) is 7.73. The van der Waals surface area contributed by atoms with Gasteiger partial charge in [-0.15, -0.1) is 0 Å². The predicted octanol–water partition coefficient (Wildman–Crippen LogP) is 5.66. The van der Waals surface area contributed by atoms with E-state index in [1.807, 2.05) is 39.0 Å². The second-order valence-corrected chi connectivity index (χ2v) is 11.8. The molecule has 0 spiro atoms. The smallest absolute Gasteiger partial charge is 0.203 e. The number of sulfone groups is 1. The lowest BCUT2D eigenvalue weighted by molar-refractivity contribution is 0.0435. The summed E-state index contributed by atoms with van der Waals surface area (Å²) in [6.45, 7) is 8.01. The van der Waals surface area contributed by atoms with Gasteiger partial charge in [-0.25, -0.2) is 8.42 Å². The lowest BCUT2D eigenvalue weighted by Gasteiger charge is -2.21. The van der Waals surface area contributed by atoms with Crippen LogP contribution in [-0.2, 0) is 14.6 Å². The molecule has 1 aliphatic heterocycles. The summed E-state index contributed by atoms with van der Waals surface area (Å²) in [7, 11) is 1.07. The Morgan fingerprint density at radius 1 is 0.750 bits per heavy atom.